The maximum atomic E-state index is 12.2. The van der Waals surface area contributed by atoms with E-state index in [1.807, 2.05) is 12.1 Å². The van der Waals surface area contributed by atoms with Gasteiger partial charge < -0.3 is 20.2 Å². The summed E-state index contributed by atoms with van der Waals surface area (Å²) in [5.41, 5.74) is 6.16. The molecule has 0 aliphatic carbocycles. The lowest BCUT2D eigenvalue weighted by molar-refractivity contribution is 0.297. The number of ether oxygens (including phenoxy) is 2. The molecule has 28 heavy (non-hydrogen) atoms. The first-order chi connectivity index (χ1) is 13.5. The Morgan fingerprint density at radius 3 is 2.57 bits per heavy atom. The molecule has 1 heterocycles. The molecule has 0 unspecified atom stereocenters. The third kappa shape index (κ3) is 3.82. The van der Waals surface area contributed by atoms with E-state index in [2.05, 4.69) is 17.5 Å². The Bertz CT molecular complexity index is 1100. The van der Waals surface area contributed by atoms with E-state index in [4.69, 9.17) is 21.6 Å². The number of pyridine rings is 1. The van der Waals surface area contributed by atoms with Gasteiger partial charge in [-0.05, 0) is 31.0 Å². The molecule has 0 radical (unpaired) electrons. The van der Waals surface area contributed by atoms with Crippen LogP contribution in [0.15, 0.2) is 29.6 Å². The molecule has 1 aromatic heterocycles. The van der Waals surface area contributed by atoms with Gasteiger partial charge in [0.2, 0.25) is 0 Å². The number of H-pyrrole nitrogens is 1. The molecule has 0 bridgehead atoms. The third-order valence-corrected chi connectivity index (χ3v) is 3.85. The quantitative estimate of drug-likeness (QED) is 0.567. The van der Waals surface area contributed by atoms with Crippen LogP contribution < -0.4 is 20.8 Å². The highest BCUT2D eigenvalue weighted by molar-refractivity contribution is 5.82. The van der Waals surface area contributed by atoms with Crippen molar-refractivity contribution in [1.82, 2.24) is 4.98 Å². The normalized spacial score (nSPS) is 9.64. The van der Waals surface area contributed by atoms with Gasteiger partial charge >= 0.3 is 0 Å². The average molecular weight is 374 g/mol. The molecule has 140 valence electrons. The highest BCUT2D eigenvalue weighted by atomic mass is 16.5. The molecule has 0 saturated carbocycles. The number of hydrogen-bond acceptors (Lipinski definition) is 6. The summed E-state index contributed by atoms with van der Waals surface area (Å²) in [7, 11) is 0. The molecule has 7 heteroatoms. The Labute approximate surface area is 162 Å². The standard InChI is InChI=1S/C21H18N4O3/c1-4-7-13-9-14(10-17(27-6-3)19(13)28-8-5-2)18-15(11-22)20(24)25-21(26)16(18)12-23/h2,4,9-10H,1,6-8H2,3H3,(H3,24,25,26). The van der Waals surface area contributed by atoms with E-state index >= 15 is 0 Å². The number of terminal acetylenes is 1. The summed E-state index contributed by atoms with van der Waals surface area (Å²) in [5.74, 6) is 3.10. The summed E-state index contributed by atoms with van der Waals surface area (Å²) >= 11 is 0. The predicted molar refractivity (Wildman–Crippen MR) is 106 cm³/mol. The van der Waals surface area contributed by atoms with Crippen LogP contribution in [0.4, 0.5) is 5.82 Å². The highest BCUT2D eigenvalue weighted by Gasteiger charge is 2.21. The summed E-state index contributed by atoms with van der Waals surface area (Å²) in [4.78, 5) is 14.5. The number of anilines is 1. The predicted octanol–water partition coefficient (Wildman–Crippen LogP) is 2.51. The molecule has 2 aromatic rings. The topological polar surface area (TPSA) is 125 Å². The van der Waals surface area contributed by atoms with Crippen LogP contribution in [0.2, 0.25) is 0 Å². The van der Waals surface area contributed by atoms with Gasteiger partial charge in [0.15, 0.2) is 11.5 Å². The lowest BCUT2D eigenvalue weighted by Crippen LogP contribution is -2.16. The zero-order valence-electron chi connectivity index (χ0n) is 15.3. The van der Waals surface area contributed by atoms with Gasteiger partial charge in [0.05, 0.1) is 6.61 Å². The Balaban J connectivity index is 2.90. The van der Waals surface area contributed by atoms with Crippen LogP contribution in [0.1, 0.15) is 23.6 Å². The number of aromatic nitrogens is 1. The van der Waals surface area contributed by atoms with Crippen molar-refractivity contribution in [3.63, 3.8) is 0 Å². The van der Waals surface area contributed by atoms with Gasteiger partial charge in [-0.15, -0.1) is 13.0 Å². The second-order valence-corrected chi connectivity index (χ2v) is 5.60. The Kier molecular flexibility index (Phi) is 6.47. The van der Waals surface area contributed by atoms with Gasteiger partial charge in [-0.3, -0.25) is 4.79 Å². The van der Waals surface area contributed by atoms with Gasteiger partial charge in [0, 0.05) is 11.1 Å². The number of nitrogen functional groups attached to an aromatic ring is 1. The molecule has 0 saturated heterocycles. The smallest absolute Gasteiger partial charge is 0.268 e. The van der Waals surface area contributed by atoms with E-state index in [1.165, 1.54) is 0 Å². The second kappa shape index (κ2) is 8.98. The second-order valence-electron chi connectivity index (χ2n) is 5.60. The Hall–Kier alpha value is -4.15. The van der Waals surface area contributed by atoms with E-state index in [9.17, 15) is 15.3 Å². The van der Waals surface area contributed by atoms with Crippen molar-refractivity contribution in [2.24, 2.45) is 0 Å². The van der Waals surface area contributed by atoms with E-state index < -0.39 is 5.56 Å². The first kappa shape index (κ1) is 20.2. The zero-order chi connectivity index (χ0) is 20.7. The molecular weight excluding hydrogens is 356 g/mol. The lowest BCUT2D eigenvalue weighted by atomic mass is 9.94. The van der Waals surface area contributed by atoms with Crippen molar-refractivity contribution < 1.29 is 9.47 Å². The number of nitriles is 2. The number of rotatable bonds is 7. The summed E-state index contributed by atoms with van der Waals surface area (Å²) in [6.07, 6.45) is 7.37. The van der Waals surface area contributed by atoms with Gasteiger partial charge in [-0.25, -0.2) is 0 Å². The maximum absolute atomic E-state index is 12.2. The van der Waals surface area contributed by atoms with Crippen molar-refractivity contribution in [2.75, 3.05) is 18.9 Å². The first-order valence-corrected chi connectivity index (χ1v) is 8.35. The monoisotopic (exact) mass is 374 g/mol. The minimum atomic E-state index is -0.676. The summed E-state index contributed by atoms with van der Waals surface area (Å²) in [6, 6.07) is 7.09. The number of nitrogens with one attached hydrogen (secondary N) is 1. The van der Waals surface area contributed by atoms with Crippen LogP contribution in [-0.4, -0.2) is 18.2 Å². The molecule has 0 fully saturated rings. The fraction of sp³-hybridized carbons (Fsp3) is 0.190. The fourth-order valence-electron chi connectivity index (χ4n) is 2.78. The number of hydrogen-bond donors (Lipinski definition) is 2. The van der Waals surface area contributed by atoms with Gasteiger partial charge in [0.25, 0.3) is 5.56 Å². The number of nitrogens with two attached hydrogens (primary N) is 1. The van der Waals surface area contributed by atoms with Crippen molar-refractivity contribution >= 4 is 5.82 Å². The van der Waals surface area contributed by atoms with Crippen LogP contribution >= 0.6 is 0 Å². The maximum Gasteiger partial charge on any atom is 0.268 e. The molecule has 0 aliphatic heterocycles. The van der Waals surface area contributed by atoms with E-state index in [-0.39, 0.29) is 29.1 Å². The van der Waals surface area contributed by atoms with Crippen molar-refractivity contribution in [3.05, 3.63) is 51.8 Å². The van der Waals surface area contributed by atoms with Crippen LogP contribution in [0.25, 0.3) is 11.1 Å². The van der Waals surface area contributed by atoms with Gasteiger partial charge in [-0.1, -0.05) is 12.0 Å². The van der Waals surface area contributed by atoms with Crippen LogP contribution in [0, 0.1) is 35.0 Å². The van der Waals surface area contributed by atoms with Crippen molar-refractivity contribution in [1.29, 1.82) is 10.5 Å². The minimum absolute atomic E-state index is 0.000412. The highest BCUT2D eigenvalue weighted by Crippen LogP contribution is 2.39. The van der Waals surface area contributed by atoms with Gasteiger partial charge in [-0.2, -0.15) is 10.5 Å². The molecule has 0 atom stereocenters. The first-order valence-electron chi connectivity index (χ1n) is 8.35. The summed E-state index contributed by atoms with van der Waals surface area (Å²) in [6.45, 7) is 5.92. The molecule has 0 amide bonds. The largest absolute Gasteiger partial charge is 0.490 e. The van der Waals surface area contributed by atoms with Crippen LogP contribution in [-0.2, 0) is 6.42 Å². The van der Waals surface area contributed by atoms with Crippen LogP contribution in [0.5, 0.6) is 11.5 Å². The van der Waals surface area contributed by atoms with Gasteiger partial charge in [0.1, 0.15) is 35.7 Å². The van der Waals surface area contributed by atoms with E-state index in [0.717, 1.165) is 0 Å². The fourth-order valence-corrected chi connectivity index (χ4v) is 2.78. The van der Waals surface area contributed by atoms with E-state index in [1.54, 1.807) is 25.1 Å². The number of nitrogens with zero attached hydrogens (tertiary/aromatic N) is 2. The molecule has 2 rings (SSSR count). The summed E-state index contributed by atoms with van der Waals surface area (Å²) in [5, 5.41) is 19.0. The van der Waals surface area contributed by atoms with E-state index in [0.29, 0.717) is 35.7 Å². The summed E-state index contributed by atoms with van der Waals surface area (Å²) < 4.78 is 11.3. The molecule has 1 aromatic carbocycles. The minimum Gasteiger partial charge on any atom is -0.490 e. The molecule has 7 nitrogen and oxygen atoms in total. The number of allylic oxidation sites excluding steroid dienone is 1. The van der Waals surface area contributed by atoms with Crippen LogP contribution in [0.3, 0.4) is 0 Å². The zero-order valence-corrected chi connectivity index (χ0v) is 15.3. The number of benzene rings is 1. The molecular formula is C21H18N4O3. The average Bonchev–Trinajstić information content (AvgIpc) is 2.67. The van der Waals surface area contributed by atoms with Crippen molar-refractivity contribution in [2.45, 2.75) is 13.3 Å². The number of aromatic amines is 1. The Morgan fingerprint density at radius 2 is 2.00 bits per heavy atom. The third-order valence-electron chi connectivity index (χ3n) is 3.85. The molecule has 3 N–H and O–H groups in total. The SMILES string of the molecule is C#CCOc1c(CC=C)cc(-c2c(C#N)c(N)[nH]c(=O)c2C#N)cc1OCC. The lowest BCUT2D eigenvalue weighted by Gasteiger charge is -2.17. The molecule has 0 spiro atoms. The van der Waals surface area contributed by atoms with Crippen molar-refractivity contribution in [3.8, 4) is 47.1 Å². The Morgan fingerprint density at radius 1 is 1.29 bits per heavy atom. The molecule has 0 aliphatic rings.